The van der Waals surface area contributed by atoms with Crippen LogP contribution in [0.4, 0.5) is 0 Å². The largest absolute Gasteiger partial charge is 0.369 e. The predicted octanol–water partition coefficient (Wildman–Crippen LogP) is 2.83. The predicted molar refractivity (Wildman–Crippen MR) is 65.7 cm³/mol. The molecule has 0 bridgehead atoms. The Balaban J connectivity index is 2.92. The quantitative estimate of drug-likeness (QED) is 0.619. The molecule has 80 valence electrons. The minimum atomic E-state index is -0.299. The van der Waals surface area contributed by atoms with E-state index >= 15 is 0 Å². The molecule has 0 fully saturated rings. The maximum absolute atomic E-state index is 11.6. The third kappa shape index (κ3) is 3.64. The van der Waals surface area contributed by atoms with Gasteiger partial charge in [-0.1, -0.05) is 11.6 Å². The second kappa shape index (κ2) is 5.28. The molecular weight excluding hydrogens is 279 g/mol. The first-order chi connectivity index (χ1) is 7.00. The normalized spacial score (nSPS) is 10.7. The molecule has 0 N–H and O–H groups in total. The van der Waals surface area contributed by atoms with Crippen LogP contribution in [0.15, 0.2) is 27.7 Å². The molecule has 0 radical (unpaired) electrons. The van der Waals surface area contributed by atoms with Crippen LogP contribution < -0.4 is 0 Å². The standard InChI is InChI=1S/C10H10BrClN2O/c1-14(2)6-13-10(15)8-4-3-7(12)5-9(8)11/h3-6H,1-2H3. The molecule has 1 aromatic rings. The zero-order chi connectivity index (χ0) is 11.4. The minimum Gasteiger partial charge on any atom is -0.369 e. The van der Waals surface area contributed by atoms with Gasteiger partial charge < -0.3 is 4.90 Å². The number of halogens is 2. The van der Waals surface area contributed by atoms with Gasteiger partial charge >= 0.3 is 0 Å². The van der Waals surface area contributed by atoms with Crippen molar-refractivity contribution in [2.24, 2.45) is 4.99 Å². The van der Waals surface area contributed by atoms with Crippen LogP contribution in [0.2, 0.25) is 5.02 Å². The van der Waals surface area contributed by atoms with E-state index in [1.54, 1.807) is 37.2 Å². The Morgan fingerprint density at radius 1 is 1.53 bits per heavy atom. The van der Waals surface area contributed by atoms with Crippen molar-refractivity contribution in [3.05, 3.63) is 33.3 Å². The van der Waals surface area contributed by atoms with Crippen LogP contribution in [0.5, 0.6) is 0 Å². The van der Waals surface area contributed by atoms with E-state index in [0.29, 0.717) is 15.1 Å². The number of aliphatic imine (C=N–C) groups is 1. The zero-order valence-electron chi connectivity index (χ0n) is 8.37. The van der Waals surface area contributed by atoms with E-state index in [9.17, 15) is 4.79 Å². The van der Waals surface area contributed by atoms with Gasteiger partial charge in [0.15, 0.2) is 0 Å². The maximum atomic E-state index is 11.6. The summed E-state index contributed by atoms with van der Waals surface area (Å²) in [7, 11) is 3.60. The third-order valence-corrected chi connectivity index (χ3v) is 2.46. The van der Waals surface area contributed by atoms with E-state index < -0.39 is 0 Å². The van der Waals surface area contributed by atoms with Crippen LogP contribution in [-0.2, 0) is 0 Å². The second-order valence-corrected chi connectivity index (χ2v) is 4.43. The molecule has 1 amide bonds. The molecule has 0 aliphatic heterocycles. The molecule has 0 aliphatic rings. The summed E-state index contributed by atoms with van der Waals surface area (Å²) >= 11 is 9.02. The van der Waals surface area contributed by atoms with Crippen molar-refractivity contribution >= 4 is 39.8 Å². The topological polar surface area (TPSA) is 32.7 Å². The van der Waals surface area contributed by atoms with Gasteiger partial charge in [-0.05, 0) is 34.1 Å². The summed E-state index contributed by atoms with van der Waals surface area (Å²) in [6, 6.07) is 4.96. The Morgan fingerprint density at radius 2 is 2.20 bits per heavy atom. The molecule has 0 atom stereocenters. The molecule has 0 unspecified atom stereocenters. The zero-order valence-corrected chi connectivity index (χ0v) is 10.7. The molecule has 1 aromatic carbocycles. The van der Waals surface area contributed by atoms with Gasteiger partial charge in [-0.2, -0.15) is 4.99 Å². The Morgan fingerprint density at radius 3 is 2.73 bits per heavy atom. The molecule has 0 aliphatic carbocycles. The fraction of sp³-hybridized carbons (Fsp3) is 0.200. The molecule has 5 heteroatoms. The summed E-state index contributed by atoms with van der Waals surface area (Å²) < 4.78 is 0.649. The minimum absolute atomic E-state index is 0.299. The molecule has 1 rings (SSSR count). The third-order valence-electron chi connectivity index (χ3n) is 1.57. The first kappa shape index (κ1) is 12.2. The Kier molecular flexibility index (Phi) is 4.29. The lowest BCUT2D eigenvalue weighted by molar-refractivity contribution is 0.100. The number of nitrogens with zero attached hydrogens (tertiary/aromatic N) is 2. The maximum Gasteiger partial charge on any atom is 0.279 e. The van der Waals surface area contributed by atoms with Gasteiger partial charge in [-0.25, -0.2) is 0 Å². The van der Waals surface area contributed by atoms with E-state index in [0.717, 1.165) is 0 Å². The van der Waals surface area contributed by atoms with Gasteiger partial charge in [0.05, 0.1) is 11.9 Å². The fourth-order valence-corrected chi connectivity index (χ4v) is 1.75. The lowest BCUT2D eigenvalue weighted by Crippen LogP contribution is -2.10. The summed E-state index contributed by atoms with van der Waals surface area (Å²) in [5, 5.41) is 0.579. The summed E-state index contributed by atoms with van der Waals surface area (Å²) in [5.74, 6) is -0.299. The molecule has 0 saturated carbocycles. The molecular formula is C10H10BrClN2O. The number of benzene rings is 1. The van der Waals surface area contributed by atoms with Crippen molar-refractivity contribution in [1.82, 2.24) is 4.90 Å². The van der Waals surface area contributed by atoms with Crippen LogP contribution in [0.25, 0.3) is 0 Å². The van der Waals surface area contributed by atoms with Crippen molar-refractivity contribution in [1.29, 1.82) is 0 Å². The number of hydrogen-bond donors (Lipinski definition) is 0. The highest BCUT2D eigenvalue weighted by molar-refractivity contribution is 9.10. The number of carbonyl (C=O) groups excluding carboxylic acids is 1. The molecule has 15 heavy (non-hydrogen) atoms. The van der Waals surface area contributed by atoms with Gasteiger partial charge in [0.25, 0.3) is 5.91 Å². The highest BCUT2D eigenvalue weighted by atomic mass is 79.9. The number of carbonyl (C=O) groups is 1. The van der Waals surface area contributed by atoms with E-state index in [-0.39, 0.29) is 5.91 Å². The summed E-state index contributed by atoms with van der Waals surface area (Å²) in [6.07, 6.45) is 1.46. The number of rotatable bonds is 2. The van der Waals surface area contributed by atoms with Gasteiger partial charge in [-0.15, -0.1) is 0 Å². The lowest BCUT2D eigenvalue weighted by atomic mass is 10.2. The van der Waals surface area contributed by atoms with Gasteiger partial charge in [0.2, 0.25) is 0 Å². The van der Waals surface area contributed by atoms with Crippen LogP contribution in [-0.4, -0.2) is 31.2 Å². The molecule has 0 saturated heterocycles. The van der Waals surface area contributed by atoms with E-state index in [1.165, 1.54) is 6.34 Å². The van der Waals surface area contributed by atoms with Gasteiger partial charge in [0, 0.05) is 23.6 Å². The van der Waals surface area contributed by atoms with Crippen LogP contribution >= 0.6 is 27.5 Å². The summed E-state index contributed by atoms with van der Waals surface area (Å²) in [4.78, 5) is 17.1. The molecule has 0 aromatic heterocycles. The Hall–Kier alpha value is -0.870. The SMILES string of the molecule is CN(C)C=NC(=O)c1ccc(Cl)cc1Br. The lowest BCUT2D eigenvalue weighted by Gasteiger charge is -2.03. The van der Waals surface area contributed by atoms with Crippen molar-refractivity contribution < 1.29 is 4.79 Å². The van der Waals surface area contributed by atoms with Crippen molar-refractivity contribution in [2.75, 3.05) is 14.1 Å². The highest BCUT2D eigenvalue weighted by Gasteiger charge is 2.08. The van der Waals surface area contributed by atoms with Crippen molar-refractivity contribution in [3.63, 3.8) is 0 Å². The van der Waals surface area contributed by atoms with E-state index in [2.05, 4.69) is 20.9 Å². The summed E-state index contributed by atoms with van der Waals surface area (Å²) in [6.45, 7) is 0. The number of amides is 1. The van der Waals surface area contributed by atoms with E-state index in [4.69, 9.17) is 11.6 Å². The first-order valence-electron chi connectivity index (χ1n) is 4.20. The summed E-state index contributed by atoms with van der Waals surface area (Å²) in [5.41, 5.74) is 0.498. The second-order valence-electron chi connectivity index (χ2n) is 3.14. The smallest absolute Gasteiger partial charge is 0.279 e. The average molecular weight is 290 g/mol. The van der Waals surface area contributed by atoms with Crippen molar-refractivity contribution in [3.8, 4) is 0 Å². The monoisotopic (exact) mass is 288 g/mol. The van der Waals surface area contributed by atoms with Gasteiger partial charge in [-0.3, -0.25) is 4.79 Å². The van der Waals surface area contributed by atoms with Crippen LogP contribution in [0, 0.1) is 0 Å². The number of hydrogen-bond acceptors (Lipinski definition) is 1. The Labute approximate surface area is 102 Å². The molecule has 0 heterocycles. The fourth-order valence-electron chi connectivity index (χ4n) is 0.900. The van der Waals surface area contributed by atoms with E-state index in [1.807, 2.05) is 0 Å². The highest BCUT2D eigenvalue weighted by Crippen LogP contribution is 2.22. The Bertz CT molecular complexity index is 404. The van der Waals surface area contributed by atoms with Crippen LogP contribution in [0.3, 0.4) is 0 Å². The van der Waals surface area contributed by atoms with Crippen LogP contribution in [0.1, 0.15) is 10.4 Å². The molecule has 0 spiro atoms. The molecule has 3 nitrogen and oxygen atoms in total. The van der Waals surface area contributed by atoms with Crippen molar-refractivity contribution in [2.45, 2.75) is 0 Å². The average Bonchev–Trinajstić information content (AvgIpc) is 2.14. The van der Waals surface area contributed by atoms with Gasteiger partial charge in [0.1, 0.15) is 0 Å². The first-order valence-corrected chi connectivity index (χ1v) is 5.38.